The maximum atomic E-state index is 13.0. The summed E-state index contributed by atoms with van der Waals surface area (Å²) >= 11 is 0. The first-order valence-electron chi connectivity index (χ1n) is 8.03. The molecule has 2 aliphatic carbocycles. The Kier molecular flexibility index (Phi) is 3.49. The molecule has 0 N–H and O–H groups in total. The second-order valence-electron chi connectivity index (χ2n) is 6.43. The molecule has 2 aliphatic rings. The Labute approximate surface area is 139 Å². The molecular weight excluding hydrogens is 304 g/mol. The number of allylic oxidation sites excluding steroid dienone is 2. The Hall–Kier alpha value is -2.82. The zero-order chi connectivity index (χ0) is 16.7. The molecule has 120 valence electrons. The fourth-order valence-corrected chi connectivity index (χ4v) is 4.13. The molecular formula is C19H16N2O3. The molecule has 1 fully saturated rings. The maximum Gasteiger partial charge on any atom is 0.269 e. The van der Waals surface area contributed by atoms with Gasteiger partial charge in [0.2, 0.25) is 0 Å². The van der Waals surface area contributed by atoms with E-state index in [9.17, 15) is 14.9 Å². The van der Waals surface area contributed by atoms with Crippen molar-refractivity contribution < 1.29 is 9.72 Å². The van der Waals surface area contributed by atoms with Crippen LogP contribution < -0.4 is 0 Å². The van der Waals surface area contributed by atoms with Crippen molar-refractivity contribution in [2.75, 3.05) is 0 Å². The molecule has 0 amide bonds. The minimum Gasteiger partial charge on any atom is -0.292 e. The number of fused-ring (bicyclic) bond motifs is 2. The fraction of sp³-hybridized carbons (Fsp3) is 0.263. The number of Topliss-reactive ketones (excluding diaryl/α,β-unsaturated/α-hetero) is 1. The molecule has 4 atom stereocenters. The first-order chi connectivity index (χ1) is 11.6. The normalized spacial score (nSPS) is 27.3. The van der Waals surface area contributed by atoms with Crippen molar-refractivity contribution in [3.63, 3.8) is 0 Å². The predicted octanol–water partition coefficient (Wildman–Crippen LogP) is 3.78. The summed E-state index contributed by atoms with van der Waals surface area (Å²) in [6, 6.07) is 12.0. The molecule has 0 aliphatic heterocycles. The van der Waals surface area contributed by atoms with E-state index in [1.807, 2.05) is 6.07 Å². The Morgan fingerprint density at radius 3 is 2.50 bits per heavy atom. The fourth-order valence-electron chi connectivity index (χ4n) is 4.13. The smallest absolute Gasteiger partial charge is 0.269 e. The van der Waals surface area contributed by atoms with E-state index < -0.39 is 4.92 Å². The number of non-ortho nitro benzene ring substituents is 1. The summed E-state index contributed by atoms with van der Waals surface area (Å²) in [4.78, 5) is 27.6. The average Bonchev–Trinajstić information content (AvgIpc) is 3.23. The van der Waals surface area contributed by atoms with Gasteiger partial charge in [0.05, 0.1) is 4.92 Å². The van der Waals surface area contributed by atoms with E-state index >= 15 is 0 Å². The van der Waals surface area contributed by atoms with Crippen molar-refractivity contribution in [1.29, 1.82) is 0 Å². The third-order valence-corrected chi connectivity index (χ3v) is 5.17. The van der Waals surface area contributed by atoms with Crippen LogP contribution in [-0.2, 0) is 0 Å². The Balaban J connectivity index is 1.69. The van der Waals surface area contributed by atoms with E-state index in [1.165, 1.54) is 12.1 Å². The minimum atomic E-state index is -0.402. The Morgan fingerprint density at radius 1 is 1.08 bits per heavy atom. The number of ketones is 1. The maximum absolute atomic E-state index is 13.0. The van der Waals surface area contributed by atoms with Crippen molar-refractivity contribution in [3.05, 3.63) is 82.2 Å². The van der Waals surface area contributed by atoms with Gasteiger partial charge < -0.3 is 0 Å². The molecule has 1 aromatic heterocycles. The first-order valence-corrected chi connectivity index (χ1v) is 8.03. The molecule has 1 aromatic carbocycles. The van der Waals surface area contributed by atoms with Crippen LogP contribution in [0.5, 0.6) is 0 Å². The number of nitro groups is 1. The summed E-state index contributed by atoms with van der Waals surface area (Å²) in [5.41, 5.74) is 1.56. The number of nitro benzene ring substituents is 1. The summed E-state index contributed by atoms with van der Waals surface area (Å²) in [6.07, 6.45) is 6.92. The highest BCUT2D eigenvalue weighted by molar-refractivity contribution is 5.97. The number of carbonyl (C=O) groups excluding carboxylic acids is 1. The Morgan fingerprint density at radius 2 is 1.83 bits per heavy atom. The van der Waals surface area contributed by atoms with Gasteiger partial charge >= 0.3 is 0 Å². The van der Waals surface area contributed by atoms with Gasteiger partial charge in [0.15, 0.2) is 5.78 Å². The number of aromatic nitrogens is 1. The molecule has 0 saturated heterocycles. The van der Waals surface area contributed by atoms with Crippen LogP contribution in [0.3, 0.4) is 0 Å². The van der Waals surface area contributed by atoms with Gasteiger partial charge in [-0.1, -0.05) is 30.4 Å². The van der Waals surface area contributed by atoms with Crippen LogP contribution in [0, 0.1) is 27.9 Å². The summed E-state index contributed by atoms with van der Waals surface area (Å²) in [6.45, 7) is 0. The highest BCUT2D eigenvalue weighted by Gasteiger charge is 2.48. The van der Waals surface area contributed by atoms with Gasteiger partial charge in [-0.05, 0) is 36.0 Å². The quantitative estimate of drug-likeness (QED) is 0.372. The lowest BCUT2D eigenvalue weighted by Gasteiger charge is -2.27. The van der Waals surface area contributed by atoms with Crippen molar-refractivity contribution in [2.45, 2.75) is 12.3 Å². The van der Waals surface area contributed by atoms with Gasteiger partial charge in [-0.2, -0.15) is 0 Å². The zero-order valence-corrected chi connectivity index (χ0v) is 12.9. The van der Waals surface area contributed by atoms with Crippen LogP contribution >= 0.6 is 0 Å². The van der Waals surface area contributed by atoms with Crippen LogP contribution in [-0.4, -0.2) is 15.7 Å². The van der Waals surface area contributed by atoms with E-state index in [2.05, 4.69) is 17.1 Å². The molecule has 5 heteroatoms. The van der Waals surface area contributed by atoms with Crippen LogP contribution in [0.1, 0.15) is 28.4 Å². The summed E-state index contributed by atoms with van der Waals surface area (Å²) in [5, 5.41) is 10.9. The second-order valence-corrected chi connectivity index (χ2v) is 6.43. The molecule has 1 heterocycles. The van der Waals surface area contributed by atoms with Crippen molar-refractivity contribution in [2.24, 2.45) is 17.8 Å². The summed E-state index contributed by atoms with van der Waals surface area (Å²) in [5.74, 6) is 0.529. The summed E-state index contributed by atoms with van der Waals surface area (Å²) in [7, 11) is 0. The molecule has 2 bridgehead atoms. The number of nitrogens with zero attached hydrogens (tertiary/aromatic N) is 2. The highest BCUT2D eigenvalue weighted by atomic mass is 16.6. The van der Waals surface area contributed by atoms with Crippen LogP contribution in [0.25, 0.3) is 0 Å². The monoisotopic (exact) mass is 320 g/mol. The molecule has 4 unspecified atom stereocenters. The summed E-state index contributed by atoms with van der Waals surface area (Å²) < 4.78 is 0. The first kappa shape index (κ1) is 14.8. The van der Waals surface area contributed by atoms with Crippen LogP contribution in [0.4, 0.5) is 5.69 Å². The number of benzene rings is 1. The number of pyridine rings is 1. The second kappa shape index (κ2) is 5.67. The molecule has 1 saturated carbocycles. The lowest BCUT2D eigenvalue weighted by molar-refractivity contribution is -0.384. The van der Waals surface area contributed by atoms with E-state index in [4.69, 9.17) is 0 Å². The predicted molar refractivity (Wildman–Crippen MR) is 88.6 cm³/mol. The van der Waals surface area contributed by atoms with E-state index in [-0.39, 0.29) is 29.2 Å². The van der Waals surface area contributed by atoms with E-state index in [0.29, 0.717) is 11.6 Å². The molecule has 5 nitrogen and oxygen atoms in total. The lowest BCUT2D eigenvalue weighted by atomic mass is 9.75. The topological polar surface area (TPSA) is 73.1 Å². The van der Waals surface area contributed by atoms with Gasteiger partial charge in [0.1, 0.15) is 5.69 Å². The van der Waals surface area contributed by atoms with Gasteiger partial charge in [-0.25, -0.2) is 0 Å². The van der Waals surface area contributed by atoms with E-state index in [1.54, 1.807) is 30.5 Å². The van der Waals surface area contributed by atoms with E-state index in [0.717, 1.165) is 12.0 Å². The van der Waals surface area contributed by atoms with Crippen molar-refractivity contribution >= 4 is 11.5 Å². The molecule has 4 rings (SSSR count). The van der Waals surface area contributed by atoms with Gasteiger partial charge in [0, 0.05) is 30.2 Å². The third-order valence-electron chi connectivity index (χ3n) is 5.17. The number of rotatable bonds is 4. The largest absolute Gasteiger partial charge is 0.292 e. The number of hydrogen-bond acceptors (Lipinski definition) is 4. The lowest BCUT2D eigenvalue weighted by Crippen LogP contribution is -2.27. The van der Waals surface area contributed by atoms with Crippen molar-refractivity contribution in [3.8, 4) is 0 Å². The van der Waals surface area contributed by atoms with Gasteiger partial charge in [-0.15, -0.1) is 0 Å². The molecule has 2 aromatic rings. The average molecular weight is 320 g/mol. The SMILES string of the molecule is O=C(c1ccccn1)C1C2C=CC(C2)C1c1ccc([N+](=O)[O-])cc1. The molecule has 0 radical (unpaired) electrons. The van der Waals surface area contributed by atoms with Crippen molar-refractivity contribution in [1.82, 2.24) is 4.98 Å². The number of hydrogen-bond donors (Lipinski definition) is 0. The zero-order valence-electron chi connectivity index (χ0n) is 12.9. The third kappa shape index (κ3) is 2.33. The van der Waals surface area contributed by atoms with Gasteiger partial charge in [-0.3, -0.25) is 19.9 Å². The van der Waals surface area contributed by atoms with Crippen LogP contribution in [0.15, 0.2) is 60.8 Å². The van der Waals surface area contributed by atoms with Gasteiger partial charge in [0.25, 0.3) is 5.69 Å². The highest BCUT2D eigenvalue weighted by Crippen LogP contribution is 2.53. The molecule has 0 spiro atoms. The molecule has 24 heavy (non-hydrogen) atoms. The standard InChI is InChI=1S/C19H16N2O3/c22-19(16-3-1-2-10-20-16)18-14-5-4-13(11-14)17(18)12-6-8-15(9-7-12)21(23)24/h1-10,13-14,17-18H,11H2. The number of carbonyl (C=O) groups is 1. The van der Waals surface area contributed by atoms with Crippen LogP contribution in [0.2, 0.25) is 0 Å². The minimum absolute atomic E-state index is 0.0651. The Bertz CT molecular complexity index is 814.